The van der Waals surface area contributed by atoms with E-state index in [-0.39, 0.29) is 29.7 Å². The lowest BCUT2D eigenvalue weighted by Crippen LogP contribution is -2.19. The van der Waals surface area contributed by atoms with Gasteiger partial charge >= 0.3 is 5.97 Å². The van der Waals surface area contributed by atoms with E-state index in [4.69, 9.17) is 16.7 Å². The van der Waals surface area contributed by atoms with Crippen LogP contribution in [0.25, 0.3) is 0 Å². The van der Waals surface area contributed by atoms with E-state index in [1.165, 1.54) is 5.56 Å². The number of halogens is 1. The fourth-order valence-electron chi connectivity index (χ4n) is 4.72. The standard InChI is InChI=1S/C21H29ClO4/c22-17-12-19(24)21(16(17)5-3-1-2-4-6-20(25)26)14-7-9-15-13(11-14)8-10-18(15)23/h7,9,11,16-19,21,23-24H,1-6,8,10,12H2,(H,25,26)/t16-,17-,18?,19+,21+/m0/s1. The largest absolute Gasteiger partial charge is 0.481 e. The third-order valence-corrected chi connectivity index (χ3v) is 6.59. The molecule has 0 spiro atoms. The molecular formula is C21H29ClO4. The second-order valence-electron chi connectivity index (χ2n) is 7.87. The van der Waals surface area contributed by atoms with Gasteiger partial charge < -0.3 is 15.3 Å². The predicted molar refractivity (Wildman–Crippen MR) is 102 cm³/mol. The molecule has 0 amide bonds. The Morgan fingerprint density at radius 1 is 1.15 bits per heavy atom. The van der Waals surface area contributed by atoms with Gasteiger partial charge in [-0.3, -0.25) is 4.79 Å². The Morgan fingerprint density at radius 3 is 2.69 bits per heavy atom. The number of carboxylic acids is 1. The molecule has 0 bridgehead atoms. The Hall–Kier alpha value is -1.10. The van der Waals surface area contributed by atoms with E-state index < -0.39 is 12.1 Å². The fourth-order valence-corrected chi connectivity index (χ4v) is 5.19. The lowest BCUT2D eigenvalue weighted by atomic mass is 9.83. The lowest BCUT2D eigenvalue weighted by Gasteiger charge is -2.24. The number of unbranched alkanes of at least 4 members (excludes halogenated alkanes) is 3. The van der Waals surface area contributed by atoms with Crippen molar-refractivity contribution in [2.24, 2.45) is 5.92 Å². The highest BCUT2D eigenvalue weighted by Crippen LogP contribution is 2.46. The van der Waals surface area contributed by atoms with Crippen molar-refractivity contribution < 1.29 is 20.1 Å². The maximum atomic E-state index is 10.6. The maximum Gasteiger partial charge on any atom is 0.303 e. The topological polar surface area (TPSA) is 77.8 Å². The number of aryl methyl sites for hydroxylation is 1. The van der Waals surface area contributed by atoms with E-state index in [0.717, 1.165) is 56.1 Å². The zero-order chi connectivity index (χ0) is 18.7. The average Bonchev–Trinajstić information content (AvgIpc) is 3.10. The van der Waals surface area contributed by atoms with E-state index in [2.05, 4.69) is 12.1 Å². The normalized spacial score (nSPS) is 30.5. The van der Waals surface area contributed by atoms with Crippen LogP contribution in [-0.2, 0) is 11.2 Å². The third kappa shape index (κ3) is 4.41. The van der Waals surface area contributed by atoms with E-state index in [1.807, 2.05) is 6.07 Å². The Balaban J connectivity index is 1.61. The minimum absolute atomic E-state index is 0.0205. The summed E-state index contributed by atoms with van der Waals surface area (Å²) in [5.41, 5.74) is 3.37. The predicted octanol–water partition coefficient (Wildman–Crippen LogP) is 4.16. The summed E-state index contributed by atoms with van der Waals surface area (Å²) < 4.78 is 0. The van der Waals surface area contributed by atoms with Gasteiger partial charge in [0.1, 0.15) is 0 Å². The van der Waals surface area contributed by atoms with Gasteiger partial charge in [0.05, 0.1) is 12.2 Å². The van der Waals surface area contributed by atoms with Crippen LogP contribution >= 0.6 is 11.6 Å². The fraction of sp³-hybridized carbons (Fsp3) is 0.667. The number of rotatable bonds is 8. The molecule has 0 aromatic heterocycles. The van der Waals surface area contributed by atoms with Crippen LogP contribution in [0, 0.1) is 5.92 Å². The summed E-state index contributed by atoms with van der Waals surface area (Å²) in [6.45, 7) is 0. The summed E-state index contributed by atoms with van der Waals surface area (Å²) >= 11 is 6.56. The van der Waals surface area contributed by atoms with Crippen LogP contribution in [0.2, 0.25) is 0 Å². The Kier molecular flexibility index (Phi) is 6.60. The number of hydrogen-bond donors (Lipinski definition) is 3. The van der Waals surface area contributed by atoms with Gasteiger partial charge in [0.2, 0.25) is 0 Å². The van der Waals surface area contributed by atoms with Crippen molar-refractivity contribution in [1.29, 1.82) is 0 Å². The van der Waals surface area contributed by atoms with Crippen molar-refractivity contribution in [3.05, 3.63) is 34.9 Å². The molecule has 0 aliphatic heterocycles. The Morgan fingerprint density at radius 2 is 1.92 bits per heavy atom. The number of carbonyl (C=O) groups is 1. The van der Waals surface area contributed by atoms with Crippen LogP contribution in [0.15, 0.2) is 18.2 Å². The molecule has 2 aliphatic rings. The first-order chi connectivity index (χ1) is 12.5. The second kappa shape index (κ2) is 8.73. The highest BCUT2D eigenvalue weighted by atomic mass is 35.5. The number of aliphatic hydroxyl groups excluding tert-OH is 2. The van der Waals surface area contributed by atoms with Crippen LogP contribution in [-0.4, -0.2) is 32.8 Å². The van der Waals surface area contributed by atoms with E-state index in [0.29, 0.717) is 6.42 Å². The molecule has 1 saturated carbocycles. The van der Waals surface area contributed by atoms with Gasteiger partial charge in [-0.15, -0.1) is 11.6 Å². The van der Waals surface area contributed by atoms with Crippen molar-refractivity contribution in [2.75, 3.05) is 0 Å². The molecule has 5 heteroatoms. The highest BCUT2D eigenvalue weighted by Gasteiger charge is 2.42. The van der Waals surface area contributed by atoms with Crippen LogP contribution in [0.3, 0.4) is 0 Å². The minimum Gasteiger partial charge on any atom is -0.481 e. The molecule has 3 rings (SSSR count). The number of aliphatic hydroxyl groups is 2. The smallest absolute Gasteiger partial charge is 0.303 e. The average molecular weight is 381 g/mol. The number of alkyl halides is 1. The first-order valence-corrected chi connectivity index (χ1v) is 10.3. The monoisotopic (exact) mass is 380 g/mol. The number of fused-ring (bicyclic) bond motifs is 1. The molecule has 2 aliphatic carbocycles. The summed E-state index contributed by atoms with van der Waals surface area (Å²) in [4.78, 5) is 10.6. The minimum atomic E-state index is -0.730. The quantitative estimate of drug-likeness (QED) is 0.467. The maximum absolute atomic E-state index is 10.6. The second-order valence-corrected chi connectivity index (χ2v) is 8.43. The van der Waals surface area contributed by atoms with Gasteiger partial charge in [0, 0.05) is 17.7 Å². The molecular weight excluding hydrogens is 352 g/mol. The van der Waals surface area contributed by atoms with Gasteiger partial charge in [0.15, 0.2) is 0 Å². The number of aliphatic carboxylic acids is 1. The molecule has 144 valence electrons. The van der Waals surface area contributed by atoms with Crippen molar-refractivity contribution in [2.45, 2.75) is 81.3 Å². The summed E-state index contributed by atoms with van der Waals surface area (Å²) in [7, 11) is 0. The molecule has 1 aromatic rings. The Labute approximate surface area is 160 Å². The van der Waals surface area contributed by atoms with E-state index >= 15 is 0 Å². The van der Waals surface area contributed by atoms with Gasteiger partial charge in [-0.2, -0.15) is 0 Å². The van der Waals surface area contributed by atoms with Crippen LogP contribution in [0.5, 0.6) is 0 Å². The highest BCUT2D eigenvalue weighted by molar-refractivity contribution is 6.21. The van der Waals surface area contributed by atoms with Crippen LogP contribution in [0.1, 0.15) is 80.1 Å². The lowest BCUT2D eigenvalue weighted by molar-refractivity contribution is -0.137. The zero-order valence-corrected chi connectivity index (χ0v) is 15.9. The SMILES string of the molecule is O=C(O)CCCCCC[C@@H]1[C@@H](c2ccc3c(c2)CCC3O)[C@H](O)C[C@@H]1Cl. The molecule has 0 heterocycles. The molecule has 26 heavy (non-hydrogen) atoms. The van der Waals surface area contributed by atoms with Gasteiger partial charge in [-0.1, -0.05) is 37.5 Å². The van der Waals surface area contributed by atoms with Gasteiger partial charge in [0.25, 0.3) is 0 Å². The zero-order valence-electron chi connectivity index (χ0n) is 15.1. The number of hydrogen-bond acceptors (Lipinski definition) is 3. The molecule has 5 atom stereocenters. The molecule has 4 nitrogen and oxygen atoms in total. The van der Waals surface area contributed by atoms with Gasteiger partial charge in [-0.25, -0.2) is 0 Å². The van der Waals surface area contributed by atoms with E-state index in [1.54, 1.807) is 0 Å². The molecule has 1 fully saturated rings. The molecule has 3 N–H and O–H groups in total. The van der Waals surface area contributed by atoms with Crippen molar-refractivity contribution >= 4 is 17.6 Å². The van der Waals surface area contributed by atoms with Crippen LogP contribution in [0.4, 0.5) is 0 Å². The third-order valence-electron chi connectivity index (χ3n) is 6.08. The number of carboxylic acid groups (broad SMARTS) is 1. The molecule has 1 aromatic carbocycles. The summed E-state index contributed by atoms with van der Waals surface area (Å²) in [6.07, 6.45) is 6.40. The Bertz CT molecular complexity index is 632. The summed E-state index contributed by atoms with van der Waals surface area (Å²) in [5.74, 6) is -0.429. The molecule has 0 radical (unpaired) electrons. The van der Waals surface area contributed by atoms with E-state index in [9.17, 15) is 15.0 Å². The van der Waals surface area contributed by atoms with Crippen LogP contribution < -0.4 is 0 Å². The molecule has 0 saturated heterocycles. The summed E-state index contributed by atoms with van der Waals surface area (Å²) in [6, 6.07) is 6.23. The first kappa shape index (κ1) is 19.7. The summed E-state index contributed by atoms with van der Waals surface area (Å²) in [5, 5.41) is 29.3. The number of benzene rings is 1. The molecule has 1 unspecified atom stereocenters. The van der Waals surface area contributed by atoms with Gasteiger partial charge in [-0.05, 0) is 54.7 Å². The van der Waals surface area contributed by atoms with Crippen molar-refractivity contribution in [1.82, 2.24) is 0 Å². The van der Waals surface area contributed by atoms with Crippen molar-refractivity contribution in [3.8, 4) is 0 Å². The first-order valence-electron chi connectivity index (χ1n) is 9.82. The van der Waals surface area contributed by atoms with Crippen molar-refractivity contribution in [3.63, 3.8) is 0 Å².